The molecule has 27 heavy (non-hydrogen) atoms. The van der Waals surface area contributed by atoms with E-state index in [9.17, 15) is 18.0 Å². The van der Waals surface area contributed by atoms with E-state index in [1.165, 1.54) is 26.1 Å². The molecular weight excluding hydrogens is 390 g/mol. The van der Waals surface area contributed by atoms with E-state index in [4.69, 9.17) is 16.3 Å². The second-order valence-electron chi connectivity index (χ2n) is 5.82. The molecule has 0 radical (unpaired) electrons. The van der Waals surface area contributed by atoms with Crippen molar-refractivity contribution in [3.63, 3.8) is 0 Å². The summed E-state index contributed by atoms with van der Waals surface area (Å²) in [6.45, 7) is 3.48. The molecule has 144 valence electrons. The molecule has 1 N–H and O–H groups in total. The number of esters is 1. The lowest BCUT2D eigenvalue weighted by molar-refractivity contribution is 0.0318. The van der Waals surface area contributed by atoms with Gasteiger partial charge in [-0.05, 0) is 44.2 Å². The maximum atomic E-state index is 12.4. The average Bonchev–Trinajstić information content (AvgIpc) is 2.67. The van der Waals surface area contributed by atoms with Gasteiger partial charge in [0.15, 0.2) is 6.10 Å². The van der Waals surface area contributed by atoms with E-state index < -0.39 is 22.1 Å². The number of sulfonamides is 1. The second kappa shape index (κ2) is 8.65. The Morgan fingerprint density at radius 1 is 1.11 bits per heavy atom. The highest BCUT2D eigenvalue weighted by Crippen LogP contribution is 2.23. The Morgan fingerprint density at radius 2 is 1.70 bits per heavy atom. The van der Waals surface area contributed by atoms with Gasteiger partial charge in [-0.15, -0.1) is 0 Å². The molecule has 8 heteroatoms. The molecule has 0 aliphatic rings. The normalized spacial score (nSPS) is 12.4. The molecule has 6 nitrogen and oxygen atoms in total. The largest absolute Gasteiger partial charge is 0.451 e. The van der Waals surface area contributed by atoms with Gasteiger partial charge in [0.25, 0.3) is 0 Å². The molecule has 0 saturated heterocycles. The van der Waals surface area contributed by atoms with Crippen LogP contribution < -0.4 is 4.72 Å². The summed E-state index contributed by atoms with van der Waals surface area (Å²) in [5.74, 6) is -1.16. The summed E-state index contributed by atoms with van der Waals surface area (Å²) in [6, 6.07) is 10.8. The second-order valence-corrected chi connectivity index (χ2v) is 8.08. The molecule has 0 saturated carbocycles. The zero-order valence-corrected chi connectivity index (χ0v) is 16.7. The summed E-state index contributed by atoms with van der Waals surface area (Å²) >= 11 is 5.90. The first-order valence-corrected chi connectivity index (χ1v) is 10.1. The molecule has 1 unspecified atom stereocenters. The predicted octanol–water partition coefficient (Wildman–Crippen LogP) is 3.24. The molecule has 0 fully saturated rings. The molecule has 0 aromatic heterocycles. The smallest absolute Gasteiger partial charge is 0.338 e. The Hall–Kier alpha value is -2.22. The zero-order chi connectivity index (χ0) is 20.2. The van der Waals surface area contributed by atoms with Gasteiger partial charge in [-0.2, -0.15) is 0 Å². The van der Waals surface area contributed by atoms with Gasteiger partial charge in [0.2, 0.25) is 15.8 Å². The zero-order valence-electron chi connectivity index (χ0n) is 15.2. The van der Waals surface area contributed by atoms with Crippen LogP contribution in [0.1, 0.15) is 40.1 Å². The fourth-order valence-electron chi connectivity index (χ4n) is 2.37. The van der Waals surface area contributed by atoms with Crippen LogP contribution in [0.25, 0.3) is 0 Å². The van der Waals surface area contributed by atoms with Gasteiger partial charge in [0, 0.05) is 5.56 Å². The number of ketones is 1. The fraction of sp³-hybridized carbons (Fsp3) is 0.263. The average molecular weight is 410 g/mol. The van der Waals surface area contributed by atoms with Crippen LogP contribution in [0.15, 0.2) is 47.4 Å². The molecular formula is C19H20ClNO5S. The highest BCUT2D eigenvalue weighted by molar-refractivity contribution is 7.89. The van der Waals surface area contributed by atoms with E-state index in [0.29, 0.717) is 5.56 Å². The Labute approximate surface area is 163 Å². The number of carbonyl (C=O) groups excluding carboxylic acids is 2. The quantitative estimate of drug-likeness (QED) is 0.560. The van der Waals surface area contributed by atoms with E-state index in [0.717, 1.165) is 18.1 Å². The number of rotatable bonds is 7. The molecule has 2 rings (SSSR count). The van der Waals surface area contributed by atoms with Crippen LogP contribution >= 0.6 is 11.6 Å². The number of hydrogen-bond donors (Lipinski definition) is 1. The van der Waals surface area contributed by atoms with Crippen LogP contribution in [0.2, 0.25) is 5.02 Å². The lowest BCUT2D eigenvalue weighted by atomic mass is 10.0. The number of halogens is 1. The number of carbonyl (C=O) groups is 2. The van der Waals surface area contributed by atoms with Crippen molar-refractivity contribution in [2.45, 2.75) is 31.3 Å². The van der Waals surface area contributed by atoms with Gasteiger partial charge in [-0.1, -0.05) is 42.8 Å². The van der Waals surface area contributed by atoms with Crippen molar-refractivity contribution >= 4 is 33.4 Å². The molecule has 0 amide bonds. The molecule has 0 spiro atoms. The Balaban J connectivity index is 2.18. The van der Waals surface area contributed by atoms with E-state index >= 15 is 0 Å². The molecule has 2 aromatic carbocycles. The highest BCUT2D eigenvalue weighted by atomic mass is 35.5. The number of Topliss-reactive ketones (excluding diaryl/α,β-unsaturated/α-hetero) is 1. The fourth-order valence-corrected chi connectivity index (χ4v) is 3.62. The molecule has 0 aliphatic carbocycles. The molecule has 1 atom stereocenters. The van der Waals surface area contributed by atoms with E-state index in [1.807, 2.05) is 19.1 Å². The Kier molecular flexibility index (Phi) is 6.75. The minimum Gasteiger partial charge on any atom is -0.451 e. The maximum Gasteiger partial charge on any atom is 0.338 e. The van der Waals surface area contributed by atoms with Crippen LogP contribution in [-0.2, 0) is 21.2 Å². The lowest BCUT2D eigenvalue weighted by Crippen LogP contribution is -2.25. The first kappa shape index (κ1) is 21.1. The van der Waals surface area contributed by atoms with Gasteiger partial charge in [-0.3, -0.25) is 4.79 Å². The third kappa shape index (κ3) is 4.94. The number of benzene rings is 2. The SMILES string of the molecule is CCc1ccc(C(=O)C(C)OC(=O)c2ccc(Cl)c(S(=O)(=O)NC)c2)cc1. The summed E-state index contributed by atoms with van der Waals surface area (Å²) in [5.41, 5.74) is 1.51. The Bertz CT molecular complexity index is 955. The van der Waals surface area contributed by atoms with Crippen molar-refractivity contribution in [1.29, 1.82) is 0 Å². The van der Waals surface area contributed by atoms with Crippen LogP contribution in [0.3, 0.4) is 0 Å². The first-order chi connectivity index (χ1) is 12.7. The van der Waals surface area contributed by atoms with Crippen molar-refractivity contribution in [2.75, 3.05) is 7.05 Å². The maximum absolute atomic E-state index is 12.4. The van der Waals surface area contributed by atoms with Crippen LogP contribution in [0, 0.1) is 0 Å². The highest BCUT2D eigenvalue weighted by Gasteiger charge is 2.23. The topological polar surface area (TPSA) is 89.5 Å². The summed E-state index contributed by atoms with van der Waals surface area (Å²) in [5, 5.41) is -0.0268. The van der Waals surface area contributed by atoms with E-state index in [-0.39, 0.29) is 21.3 Å². The minimum atomic E-state index is -3.84. The van der Waals surface area contributed by atoms with Gasteiger partial charge in [0.1, 0.15) is 4.90 Å². The summed E-state index contributed by atoms with van der Waals surface area (Å²) in [6.07, 6.45) is -0.169. The molecule has 2 aromatic rings. The van der Waals surface area contributed by atoms with Gasteiger partial charge in [-0.25, -0.2) is 17.9 Å². The van der Waals surface area contributed by atoms with Crippen molar-refractivity contribution in [2.24, 2.45) is 0 Å². The lowest BCUT2D eigenvalue weighted by Gasteiger charge is -2.13. The molecule has 0 bridgehead atoms. The monoisotopic (exact) mass is 409 g/mol. The van der Waals surface area contributed by atoms with Crippen LogP contribution in [0.5, 0.6) is 0 Å². The van der Waals surface area contributed by atoms with E-state index in [2.05, 4.69) is 4.72 Å². The molecule has 0 heterocycles. The number of hydrogen-bond acceptors (Lipinski definition) is 5. The third-order valence-electron chi connectivity index (χ3n) is 4.02. The summed E-state index contributed by atoms with van der Waals surface area (Å²) in [7, 11) is -2.60. The predicted molar refractivity (Wildman–Crippen MR) is 103 cm³/mol. The Morgan fingerprint density at radius 3 is 2.26 bits per heavy atom. The van der Waals surface area contributed by atoms with Crippen LogP contribution in [-0.4, -0.2) is 33.3 Å². The first-order valence-electron chi connectivity index (χ1n) is 8.26. The number of ether oxygens (including phenoxy) is 1. The van der Waals surface area contributed by atoms with Gasteiger partial charge < -0.3 is 4.74 Å². The molecule has 0 aliphatic heterocycles. The van der Waals surface area contributed by atoms with Gasteiger partial charge in [0.05, 0.1) is 10.6 Å². The van der Waals surface area contributed by atoms with Crippen molar-refractivity contribution < 1.29 is 22.7 Å². The van der Waals surface area contributed by atoms with E-state index in [1.54, 1.807) is 12.1 Å². The van der Waals surface area contributed by atoms with Crippen molar-refractivity contribution in [1.82, 2.24) is 4.72 Å². The standard InChI is InChI=1S/C19H20ClNO5S/c1-4-13-5-7-14(8-6-13)18(22)12(2)26-19(23)15-9-10-16(20)17(11-15)27(24,25)21-3/h5-12,21H,4H2,1-3H3. The number of aryl methyl sites for hydroxylation is 1. The minimum absolute atomic E-state index is 0.0193. The summed E-state index contributed by atoms with van der Waals surface area (Å²) in [4.78, 5) is 24.5. The third-order valence-corrected chi connectivity index (χ3v) is 5.92. The van der Waals surface area contributed by atoms with Crippen molar-refractivity contribution in [3.05, 3.63) is 64.2 Å². The summed E-state index contributed by atoms with van der Waals surface area (Å²) < 4.78 is 31.3. The number of nitrogens with one attached hydrogen (secondary N) is 1. The van der Waals surface area contributed by atoms with Gasteiger partial charge >= 0.3 is 5.97 Å². The van der Waals surface area contributed by atoms with Crippen LogP contribution in [0.4, 0.5) is 0 Å². The van der Waals surface area contributed by atoms with Crippen molar-refractivity contribution in [3.8, 4) is 0 Å².